The van der Waals surface area contributed by atoms with E-state index in [4.69, 9.17) is 16.3 Å². The summed E-state index contributed by atoms with van der Waals surface area (Å²) in [4.78, 5) is 33.9. The van der Waals surface area contributed by atoms with Gasteiger partial charge in [0.25, 0.3) is 5.91 Å². The second-order valence-electron chi connectivity index (χ2n) is 8.51. The van der Waals surface area contributed by atoms with Crippen molar-refractivity contribution in [1.82, 2.24) is 14.7 Å². The molecule has 35 heavy (non-hydrogen) atoms. The number of thiophene rings is 1. The van der Waals surface area contributed by atoms with E-state index in [1.807, 2.05) is 52.7 Å². The van der Waals surface area contributed by atoms with Crippen LogP contribution >= 0.6 is 22.9 Å². The Morgan fingerprint density at radius 3 is 2.46 bits per heavy atom. The fourth-order valence-corrected chi connectivity index (χ4v) is 4.94. The number of benzene rings is 2. The van der Waals surface area contributed by atoms with Gasteiger partial charge in [-0.15, -0.1) is 11.3 Å². The average molecular weight is 512 g/mol. The molecule has 2 amide bonds. The van der Waals surface area contributed by atoms with E-state index in [1.165, 1.54) is 0 Å². The molecule has 0 unspecified atom stereocenters. The van der Waals surface area contributed by atoms with Gasteiger partial charge in [-0.2, -0.15) is 0 Å². The summed E-state index contributed by atoms with van der Waals surface area (Å²) in [6.45, 7) is 5.17. The molecule has 4 rings (SSSR count). The molecule has 1 saturated heterocycles. The number of hydrogen-bond acceptors (Lipinski definition) is 5. The summed E-state index contributed by atoms with van der Waals surface area (Å²) in [6.07, 6.45) is 0. The molecule has 1 aliphatic rings. The molecule has 0 saturated carbocycles. The lowest BCUT2D eigenvalue weighted by Gasteiger charge is -2.31. The molecule has 0 bridgehead atoms. The highest BCUT2D eigenvalue weighted by atomic mass is 35.5. The lowest BCUT2D eigenvalue weighted by Crippen LogP contribution is -2.47. The third kappa shape index (κ3) is 7.64. The minimum absolute atomic E-state index is 0.00783. The van der Waals surface area contributed by atoms with Gasteiger partial charge in [0.05, 0.1) is 19.8 Å². The van der Waals surface area contributed by atoms with Crippen molar-refractivity contribution in [3.05, 3.63) is 93.1 Å². The first-order chi connectivity index (χ1) is 17.1. The Labute approximate surface area is 215 Å². The predicted octanol–water partition coefficient (Wildman–Crippen LogP) is 4.40. The smallest absolute Gasteiger partial charge is 0.254 e. The molecule has 8 heteroatoms. The number of rotatable bonds is 10. The molecule has 2 heterocycles. The molecular formula is C27H30ClN3O3S. The number of nitrogens with zero attached hydrogens (tertiary/aromatic N) is 3. The maximum atomic E-state index is 13.6. The van der Waals surface area contributed by atoms with E-state index < -0.39 is 0 Å². The molecule has 1 aliphatic heterocycles. The number of carbonyl (C=O) groups is 2. The van der Waals surface area contributed by atoms with E-state index >= 15 is 0 Å². The van der Waals surface area contributed by atoms with Gasteiger partial charge in [0.2, 0.25) is 5.91 Å². The van der Waals surface area contributed by atoms with Crippen molar-refractivity contribution in [2.24, 2.45) is 0 Å². The normalized spacial score (nSPS) is 14.0. The molecule has 0 aliphatic carbocycles. The van der Waals surface area contributed by atoms with Crippen LogP contribution < -0.4 is 0 Å². The van der Waals surface area contributed by atoms with Crippen molar-refractivity contribution in [2.75, 3.05) is 45.9 Å². The van der Waals surface area contributed by atoms with Crippen molar-refractivity contribution < 1.29 is 14.3 Å². The molecule has 2 aromatic carbocycles. The minimum atomic E-state index is -0.190. The van der Waals surface area contributed by atoms with Crippen molar-refractivity contribution in [2.45, 2.75) is 13.1 Å². The van der Waals surface area contributed by atoms with Gasteiger partial charge in [-0.3, -0.25) is 14.5 Å². The van der Waals surface area contributed by atoms with Crippen LogP contribution in [0.15, 0.2) is 72.1 Å². The van der Waals surface area contributed by atoms with E-state index in [-0.39, 0.29) is 18.4 Å². The highest BCUT2D eigenvalue weighted by Crippen LogP contribution is 2.17. The second-order valence-corrected chi connectivity index (χ2v) is 9.97. The van der Waals surface area contributed by atoms with Gasteiger partial charge in [0.1, 0.15) is 6.54 Å². The zero-order valence-corrected chi connectivity index (χ0v) is 21.2. The predicted molar refractivity (Wildman–Crippen MR) is 140 cm³/mol. The Bertz CT molecular complexity index is 1090. The quantitative estimate of drug-likeness (QED) is 0.405. The standard InChI is InChI=1S/C27H30ClN3O3S/c28-24-9-4-8-23(18-24)27(33)30(12-11-29-13-15-34-16-14-29)21-26(32)31(20-25-10-5-17-35-25)19-22-6-2-1-3-7-22/h1-10,17-18H,11-16,19-21H2. The van der Waals surface area contributed by atoms with E-state index in [0.29, 0.717) is 50.0 Å². The van der Waals surface area contributed by atoms with Gasteiger partial charge >= 0.3 is 0 Å². The van der Waals surface area contributed by atoms with Crippen molar-refractivity contribution in [3.8, 4) is 0 Å². The maximum Gasteiger partial charge on any atom is 0.254 e. The third-order valence-electron chi connectivity index (χ3n) is 5.97. The molecule has 0 N–H and O–H groups in total. The van der Waals surface area contributed by atoms with Crippen molar-refractivity contribution in [3.63, 3.8) is 0 Å². The minimum Gasteiger partial charge on any atom is -0.379 e. The first-order valence-corrected chi connectivity index (χ1v) is 13.0. The molecule has 6 nitrogen and oxygen atoms in total. The SMILES string of the molecule is O=C(CN(CCN1CCOCC1)C(=O)c1cccc(Cl)c1)N(Cc1ccccc1)Cc1cccs1. The Kier molecular flexibility index (Phi) is 9.31. The molecule has 1 aromatic heterocycles. The number of ether oxygens (including phenoxy) is 1. The summed E-state index contributed by atoms with van der Waals surface area (Å²) in [5.41, 5.74) is 1.54. The zero-order chi connectivity index (χ0) is 24.5. The summed E-state index contributed by atoms with van der Waals surface area (Å²) in [5, 5.41) is 2.51. The van der Waals surface area contributed by atoms with Gasteiger partial charge in [0, 0.05) is 48.2 Å². The Morgan fingerprint density at radius 1 is 0.943 bits per heavy atom. The number of carbonyl (C=O) groups excluding carboxylic acids is 2. The monoisotopic (exact) mass is 511 g/mol. The van der Waals surface area contributed by atoms with Crippen molar-refractivity contribution in [1.29, 1.82) is 0 Å². The van der Waals surface area contributed by atoms with Gasteiger partial charge in [-0.1, -0.05) is 54.1 Å². The first kappa shape index (κ1) is 25.4. The van der Waals surface area contributed by atoms with Crippen molar-refractivity contribution >= 4 is 34.8 Å². The van der Waals surface area contributed by atoms with Crippen LogP contribution in [0.1, 0.15) is 20.8 Å². The van der Waals surface area contributed by atoms with Crippen LogP contribution in [0.3, 0.4) is 0 Å². The maximum absolute atomic E-state index is 13.6. The zero-order valence-electron chi connectivity index (χ0n) is 19.6. The van der Waals surface area contributed by atoms with Gasteiger partial charge in [0.15, 0.2) is 0 Å². The van der Waals surface area contributed by atoms with E-state index in [0.717, 1.165) is 23.5 Å². The summed E-state index contributed by atoms with van der Waals surface area (Å²) in [7, 11) is 0. The second kappa shape index (κ2) is 12.8. The summed E-state index contributed by atoms with van der Waals surface area (Å²) in [6, 6.07) is 20.9. The van der Waals surface area contributed by atoms with Gasteiger partial charge in [-0.25, -0.2) is 0 Å². The number of halogens is 1. The summed E-state index contributed by atoms with van der Waals surface area (Å²) in [5.74, 6) is -0.274. The summed E-state index contributed by atoms with van der Waals surface area (Å²) >= 11 is 7.78. The van der Waals surface area contributed by atoms with Crippen LogP contribution in [-0.2, 0) is 22.6 Å². The fraction of sp³-hybridized carbons (Fsp3) is 0.333. The molecule has 184 valence electrons. The number of morpholine rings is 1. The van der Waals surface area contributed by atoms with Crippen LogP contribution in [0.5, 0.6) is 0 Å². The first-order valence-electron chi connectivity index (χ1n) is 11.8. The molecule has 0 atom stereocenters. The number of hydrogen-bond donors (Lipinski definition) is 0. The molecule has 1 fully saturated rings. The summed E-state index contributed by atoms with van der Waals surface area (Å²) < 4.78 is 5.44. The van der Waals surface area contributed by atoms with E-state index in [9.17, 15) is 9.59 Å². The van der Waals surface area contributed by atoms with Crippen LogP contribution in [0, 0.1) is 0 Å². The Morgan fingerprint density at radius 2 is 1.74 bits per heavy atom. The number of amides is 2. The lowest BCUT2D eigenvalue weighted by molar-refractivity contribution is -0.133. The third-order valence-corrected chi connectivity index (χ3v) is 7.07. The molecular weight excluding hydrogens is 482 g/mol. The Hall–Kier alpha value is -2.71. The average Bonchev–Trinajstić information content (AvgIpc) is 3.40. The van der Waals surface area contributed by atoms with Crippen LogP contribution in [0.4, 0.5) is 0 Å². The van der Waals surface area contributed by atoms with Crippen LogP contribution in [0.25, 0.3) is 0 Å². The molecule has 0 spiro atoms. The fourth-order valence-electron chi connectivity index (χ4n) is 4.03. The van der Waals surface area contributed by atoms with Gasteiger partial charge in [-0.05, 0) is 35.2 Å². The highest BCUT2D eigenvalue weighted by Gasteiger charge is 2.24. The molecule has 3 aromatic rings. The Balaban J connectivity index is 1.51. The highest BCUT2D eigenvalue weighted by molar-refractivity contribution is 7.09. The lowest BCUT2D eigenvalue weighted by atomic mass is 10.2. The van der Waals surface area contributed by atoms with Crippen LogP contribution in [0.2, 0.25) is 5.02 Å². The molecule has 0 radical (unpaired) electrons. The topological polar surface area (TPSA) is 53.1 Å². The van der Waals surface area contributed by atoms with E-state index in [1.54, 1.807) is 40.5 Å². The van der Waals surface area contributed by atoms with Crippen LogP contribution in [-0.4, -0.2) is 72.5 Å². The van der Waals surface area contributed by atoms with E-state index in [2.05, 4.69) is 4.90 Å². The largest absolute Gasteiger partial charge is 0.379 e. The van der Waals surface area contributed by atoms with Gasteiger partial charge < -0.3 is 14.5 Å².